The van der Waals surface area contributed by atoms with Crippen LogP contribution in [-0.4, -0.2) is 35.3 Å². The number of rotatable bonds is 12. The van der Waals surface area contributed by atoms with E-state index in [4.69, 9.17) is 4.74 Å². The maximum Gasteiger partial charge on any atom is 0.238 e. The van der Waals surface area contributed by atoms with Crippen molar-refractivity contribution in [1.29, 1.82) is 0 Å². The number of amides is 1. The Morgan fingerprint density at radius 1 is 1.19 bits per heavy atom. The Kier molecular flexibility index (Phi) is 9.70. The number of nitrogens with one attached hydrogen (secondary N) is 1. The molecule has 0 aliphatic heterocycles. The van der Waals surface area contributed by atoms with E-state index in [-0.39, 0.29) is 16.4 Å². The van der Waals surface area contributed by atoms with Gasteiger partial charge in [-0.2, -0.15) is 11.8 Å². The lowest BCUT2D eigenvalue weighted by molar-refractivity contribution is -0.121. The number of hydrogen-bond acceptors (Lipinski definition) is 5. The first-order valence-electron chi connectivity index (χ1n) is 9.52. The Labute approximate surface area is 168 Å². The molecule has 0 spiro atoms. The lowest BCUT2D eigenvalue weighted by atomic mass is 10.1. The quantitative estimate of drug-likeness (QED) is 0.415. The van der Waals surface area contributed by atoms with Crippen molar-refractivity contribution < 1.29 is 14.3 Å². The molecule has 1 rings (SSSR count). The van der Waals surface area contributed by atoms with E-state index in [2.05, 4.69) is 33.1 Å². The summed E-state index contributed by atoms with van der Waals surface area (Å²) in [7, 11) is 1.83. The molecule has 5 nitrogen and oxygen atoms in total. The second-order valence-electron chi connectivity index (χ2n) is 7.67. The molecule has 1 amide bonds. The summed E-state index contributed by atoms with van der Waals surface area (Å²) in [5.74, 6) is 0.950. The largest absolute Gasteiger partial charge is 0.494 e. The summed E-state index contributed by atoms with van der Waals surface area (Å²) in [6.07, 6.45) is 2.59. The van der Waals surface area contributed by atoms with Crippen LogP contribution in [-0.2, 0) is 9.59 Å². The fraction of sp³-hybridized carbons (Fsp3) is 0.619. The minimum absolute atomic E-state index is 0.0134. The van der Waals surface area contributed by atoms with E-state index in [0.717, 1.165) is 24.3 Å². The minimum Gasteiger partial charge on any atom is -0.494 e. The molecular weight excluding hydrogens is 360 g/mol. The molecule has 1 aromatic rings. The van der Waals surface area contributed by atoms with Gasteiger partial charge in [0.25, 0.3) is 0 Å². The molecule has 0 saturated heterocycles. The van der Waals surface area contributed by atoms with E-state index in [1.165, 1.54) is 0 Å². The summed E-state index contributed by atoms with van der Waals surface area (Å²) in [5.41, 5.74) is 3.80. The van der Waals surface area contributed by atoms with Gasteiger partial charge in [-0.1, -0.05) is 27.7 Å². The van der Waals surface area contributed by atoms with Crippen LogP contribution in [0.5, 0.6) is 5.75 Å². The van der Waals surface area contributed by atoms with Crippen molar-refractivity contribution >= 4 is 29.1 Å². The smallest absolute Gasteiger partial charge is 0.238 e. The molecule has 0 bridgehead atoms. The van der Waals surface area contributed by atoms with Crippen LogP contribution >= 0.6 is 11.8 Å². The summed E-state index contributed by atoms with van der Waals surface area (Å²) in [6, 6.07) is 7.54. The van der Waals surface area contributed by atoms with E-state index in [9.17, 15) is 9.59 Å². The van der Waals surface area contributed by atoms with Crippen LogP contribution in [0.25, 0.3) is 0 Å². The molecule has 0 atom stereocenters. The first-order valence-corrected chi connectivity index (χ1v) is 10.4. The molecule has 1 aromatic carbocycles. The van der Waals surface area contributed by atoms with Gasteiger partial charge in [0.05, 0.1) is 12.3 Å². The van der Waals surface area contributed by atoms with Gasteiger partial charge in [-0.15, -0.1) is 0 Å². The fourth-order valence-corrected chi connectivity index (χ4v) is 4.19. The lowest BCUT2D eigenvalue weighted by Crippen LogP contribution is -2.39. The van der Waals surface area contributed by atoms with Crippen molar-refractivity contribution in [2.24, 2.45) is 0 Å². The topological polar surface area (TPSA) is 58.6 Å². The summed E-state index contributed by atoms with van der Waals surface area (Å²) in [6.45, 7) is 10.8. The fourth-order valence-electron chi connectivity index (χ4n) is 2.70. The molecule has 0 heterocycles. The Balaban J connectivity index is 2.42. The molecule has 1 N–H and O–H groups in total. The van der Waals surface area contributed by atoms with Crippen molar-refractivity contribution in [2.45, 2.75) is 70.3 Å². The number of thioether (sulfide) groups is 1. The SMILES string of the molecule is CC(=O)CCCOc1ccc(N(C)NC(=O)CCC(C)(C)SC(C)C)cc1. The molecule has 0 aromatic heterocycles. The zero-order valence-corrected chi connectivity index (χ0v) is 18.3. The maximum absolute atomic E-state index is 12.2. The molecule has 152 valence electrons. The number of ether oxygens (including phenoxy) is 1. The third-order valence-corrected chi connectivity index (χ3v) is 5.28. The second kappa shape index (κ2) is 11.2. The highest BCUT2D eigenvalue weighted by Crippen LogP contribution is 2.32. The molecule has 0 fully saturated rings. The standard InChI is InChI=1S/C21H34N2O3S/c1-16(2)27-21(4,5)14-13-20(25)22-23(6)18-9-11-19(12-10-18)26-15-7-8-17(3)24/h9-12,16H,7-8,13-15H2,1-6H3,(H,22,25). The third kappa shape index (κ3) is 10.3. The summed E-state index contributed by atoms with van der Waals surface area (Å²) in [4.78, 5) is 23.2. The average Bonchev–Trinajstić information content (AvgIpc) is 2.56. The molecule has 6 heteroatoms. The highest BCUT2D eigenvalue weighted by Gasteiger charge is 2.21. The summed E-state index contributed by atoms with van der Waals surface area (Å²) >= 11 is 1.90. The van der Waals surface area contributed by atoms with Crippen LogP contribution in [0.4, 0.5) is 5.69 Å². The van der Waals surface area contributed by atoms with Crippen molar-refractivity contribution in [3.63, 3.8) is 0 Å². The molecule has 0 aliphatic carbocycles. The monoisotopic (exact) mass is 394 g/mol. The zero-order chi connectivity index (χ0) is 20.4. The molecule has 0 aliphatic rings. The van der Waals surface area contributed by atoms with E-state index >= 15 is 0 Å². The maximum atomic E-state index is 12.2. The molecule has 0 radical (unpaired) electrons. The first kappa shape index (κ1) is 23.3. The number of benzene rings is 1. The van der Waals surface area contributed by atoms with Crippen molar-refractivity contribution in [1.82, 2.24) is 5.43 Å². The summed E-state index contributed by atoms with van der Waals surface area (Å²) < 4.78 is 5.71. The zero-order valence-electron chi connectivity index (χ0n) is 17.5. The Hall–Kier alpha value is -1.69. The van der Waals surface area contributed by atoms with Crippen LogP contribution in [0.15, 0.2) is 24.3 Å². The van der Waals surface area contributed by atoms with E-state index in [1.807, 2.05) is 43.1 Å². The van der Waals surface area contributed by atoms with Gasteiger partial charge >= 0.3 is 0 Å². The highest BCUT2D eigenvalue weighted by molar-refractivity contribution is 8.01. The average molecular weight is 395 g/mol. The van der Waals surface area contributed by atoms with E-state index < -0.39 is 0 Å². The van der Waals surface area contributed by atoms with Gasteiger partial charge in [-0.05, 0) is 49.3 Å². The second-order valence-corrected chi connectivity index (χ2v) is 9.95. The number of hydrogen-bond donors (Lipinski definition) is 1. The number of carbonyl (C=O) groups excluding carboxylic acids is 2. The van der Waals surface area contributed by atoms with Gasteiger partial charge in [-0.3, -0.25) is 15.2 Å². The summed E-state index contributed by atoms with van der Waals surface area (Å²) in [5, 5.41) is 2.28. The number of carbonyl (C=O) groups is 2. The van der Waals surface area contributed by atoms with E-state index in [1.54, 1.807) is 11.9 Å². The normalized spacial score (nSPS) is 11.4. The van der Waals surface area contributed by atoms with Crippen molar-refractivity contribution in [3.8, 4) is 5.75 Å². The lowest BCUT2D eigenvalue weighted by Gasteiger charge is -2.27. The minimum atomic E-state index is 0.0134. The Morgan fingerprint density at radius 3 is 2.37 bits per heavy atom. The number of hydrazine groups is 1. The number of ketones is 1. The highest BCUT2D eigenvalue weighted by atomic mass is 32.2. The van der Waals surface area contributed by atoms with Crippen molar-refractivity contribution in [3.05, 3.63) is 24.3 Å². The van der Waals surface area contributed by atoms with Crippen LogP contribution in [0.2, 0.25) is 0 Å². The van der Waals surface area contributed by atoms with Gasteiger partial charge < -0.3 is 9.53 Å². The van der Waals surface area contributed by atoms with Crippen LogP contribution in [0, 0.1) is 0 Å². The van der Waals surface area contributed by atoms with Crippen LogP contribution in [0.1, 0.15) is 60.3 Å². The Morgan fingerprint density at radius 2 is 1.81 bits per heavy atom. The molecule has 0 saturated carbocycles. The first-order chi connectivity index (χ1) is 12.6. The number of nitrogens with zero attached hydrogens (tertiary/aromatic N) is 1. The molecule has 27 heavy (non-hydrogen) atoms. The van der Waals surface area contributed by atoms with Crippen molar-refractivity contribution in [2.75, 3.05) is 18.7 Å². The predicted molar refractivity (Wildman–Crippen MR) is 114 cm³/mol. The van der Waals surface area contributed by atoms with Gasteiger partial charge in [-0.25, -0.2) is 0 Å². The van der Waals surface area contributed by atoms with Gasteiger partial charge in [0.15, 0.2) is 0 Å². The number of Topliss-reactive ketones (excluding diaryl/α,β-unsaturated/α-hetero) is 1. The molecular formula is C21H34N2O3S. The number of anilines is 1. The van der Waals surface area contributed by atoms with E-state index in [0.29, 0.717) is 24.7 Å². The predicted octanol–water partition coefficient (Wildman–Crippen LogP) is 4.60. The third-order valence-electron chi connectivity index (χ3n) is 3.97. The van der Waals surface area contributed by atoms with Crippen LogP contribution < -0.4 is 15.2 Å². The van der Waals surface area contributed by atoms with Gasteiger partial charge in [0, 0.05) is 24.6 Å². The molecule has 0 unspecified atom stereocenters. The van der Waals surface area contributed by atoms with Crippen LogP contribution in [0.3, 0.4) is 0 Å². The van der Waals surface area contributed by atoms with Gasteiger partial charge in [0.1, 0.15) is 11.5 Å². The Bertz CT molecular complexity index is 600. The van der Waals surface area contributed by atoms with Gasteiger partial charge in [0.2, 0.25) is 5.91 Å².